The van der Waals surface area contributed by atoms with Crippen molar-refractivity contribution in [3.63, 3.8) is 0 Å². The molecule has 0 aliphatic carbocycles. The first-order valence-electron chi connectivity index (χ1n) is 8.21. The Morgan fingerprint density at radius 2 is 1.85 bits per heavy atom. The molecule has 1 rings (SSSR count). The van der Waals surface area contributed by atoms with Crippen molar-refractivity contribution in [2.45, 2.75) is 31.7 Å². The quantitative estimate of drug-likeness (QED) is 0.569. The molecule has 146 valence electrons. The van der Waals surface area contributed by atoms with E-state index < -0.39 is 22.0 Å². The lowest BCUT2D eigenvalue weighted by Crippen LogP contribution is -2.43. The summed E-state index contributed by atoms with van der Waals surface area (Å²) in [4.78, 5) is 23.5. The van der Waals surface area contributed by atoms with E-state index in [0.717, 1.165) is 0 Å². The van der Waals surface area contributed by atoms with Crippen molar-refractivity contribution in [1.29, 1.82) is 0 Å². The van der Waals surface area contributed by atoms with Crippen LogP contribution >= 0.6 is 11.6 Å². The molecule has 0 aromatic heterocycles. The van der Waals surface area contributed by atoms with Gasteiger partial charge < -0.3 is 10.6 Å². The molecule has 1 aromatic rings. The normalized spacial score (nSPS) is 12.7. The molecule has 1 aromatic carbocycles. The van der Waals surface area contributed by atoms with E-state index in [0.29, 0.717) is 13.1 Å². The van der Waals surface area contributed by atoms with Gasteiger partial charge in [-0.1, -0.05) is 25.4 Å². The number of carbonyl (C=O) groups is 2. The molecule has 0 radical (unpaired) electrons. The topological polar surface area (TPSA) is 108 Å². The predicted molar refractivity (Wildman–Crippen MR) is 102 cm³/mol. The molecule has 0 spiro atoms. The van der Waals surface area contributed by atoms with E-state index in [4.69, 9.17) is 11.6 Å². The van der Waals surface area contributed by atoms with Gasteiger partial charge in [-0.15, -0.1) is 0 Å². The van der Waals surface area contributed by atoms with Crippen LogP contribution in [-0.2, 0) is 19.6 Å². The predicted octanol–water partition coefficient (Wildman–Crippen LogP) is 1.03. The lowest BCUT2D eigenvalue weighted by molar-refractivity contribution is -0.120. The Labute approximate surface area is 159 Å². The van der Waals surface area contributed by atoms with Gasteiger partial charge in [-0.2, -0.15) is 4.31 Å². The van der Waals surface area contributed by atoms with Gasteiger partial charge in [0.15, 0.2) is 0 Å². The molecular formula is C16H25ClN4O4S. The highest BCUT2D eigenvalue weighted by Gasteiger charge is 2.23. The van der Waals surface area contributed by atoms with E-state index in [1.807, 2.05) is 0 Å². The van der Waals surface area contributed by atoms with Gasteiger partial charge in [0.25, 0.3) is 0 Å². The summed E-state index contributed by atoms with van der Waals surface area (Å²) in [5.41, 5.74) is 0.193. The zero-order valence-electron chi connectivity index (χ0n) is 15.3. The largest absolute Gasteiger partial charge is 0.358 e. The van der Waals surface area contributed by atoms with Crippen molar-refractivity contribution in [3.05, 3.63) is 23.2 Å². The maximum atomic E-state index is 12.6. The highest BCUT2D eigenvalue weighted by molar-refractivity contribution is 7.89. The fraction of sp³-hybridized carbons (Fsp3) is 0.500. The minimum Gasteiger partial charge on any atom is -0.358 e. The van der Waals surface area contributed by atoms with E-state index in [-0.39, 0.29) is 28.1 Å². The number of likely N-dealkylation sites (N-methyl/N-ethyl adjacent to an activating group) is 1. The Bertz CT molecular complexity index is 751. The Hall–Kier alpha value is -1.68. The summed E-state index contributed by atoms with van der Waals surface area (Å²) in [6.45, 7) is 5.74. The molecular weight excluding hydrogens is 380 g/mol. The van der Waals surface area contributed by atoms with Gasteiger partial charge in [-0.05, 0) is 25.1 Å². The maximum Gasteiger partial charge on any atom is 0.243 e. The molecule has 0 heterocycles. The highest BCUT2D eigenvalue weighted by Crippen LogP contribution is 2.27. The van der Waals surface area contributed by atoms with Crippen LogP contribution in [0.25, 0.3) is 0 Å². The molecule has 10 heteroatoms. The van der Waals surface area contributed by atoms with Crippen LogP contribution in [0.4, 0.5) is 5.69 Å². The van der Waals surface area contributed by atoms with E-state index in [1.54, 1.807) is 20.8 Å². The second kappa shape index (κ2) is 9.86. The van der Waals surface area contributed by atoms with Gasteiger partial charge in [0, 0.05) is 20.1 Å². The summed E-state index contributed by atoms with van der Waals surface area (Å²) in [7, 11) is -2.17. The zero-order valence-corrected chi connectivity index (χ0v) is 16.9. The Morgan fingerprint density at radius 3 is 2.38 bits per heavy atom. The first-order valence-corrected chi connectivity index (χ1v) is 10.0. The molecule has 0 fully saturated rings. The molecule has 2 amide bonds. The Morgan fingerprint density at radius 1 is 1.23 bits per heavy atom. The van der Waals surface area contributed by atoms with Gasteiger partial charge >= 0.3 is 0 Å². The van der Waals surface area contributed by atoms with Crippen LogP contribution in [0.1, 0.15) is 20.8 Å². The monoisotopic (exact) mass is 404 g/mol. The zero-order chi connectivity index (χ0) is 19.9. The van der Waals surface area contributed by atoms with Crippen molar-refractivity contribution in [2.75, 3.05) is 32.0 Å². The number of carbonyl (C=O) groups excluding carboxylic acids is 2. The number of hydrogen-bond acceptors (Lipinski definition) is 5. The lowest BCUT2D eigenvalue weighted by Gasteiger charge is -2.19. The van der Waals surface area contributed by atoms with Gasteiger partial charge in [0.1, 0.15) is 0 Å². The number of halogens is 1. The fourth-order valence-electron chi connectivity index (χ4n) is 2.14. The SMILES string of the molecule is CCN(CC)S(=O)(=O)c1ccc(Cl)c(NC(=O)[C@@H](C)NCC(=O)NC)c1. The number of anilines is 1. The fourth-order valence-corrected chi connectivity index (χ4v) is 3.79. The number of hydrogen-bond donors (Lipinski definition) is 3. The van der Waals surface area contributed by atoms with Gasteiger partial charge in [-0.3, -0.25) is 14.9 Å². The third-order valence-corrected chi connectivity index (χ3v) is 6.16. The van der Waals surface area contributed by atoms with Crippen LogP contribution in [0.3, 0.4) is 0 Å². The average Bonchev–Trinajstić information content (AvgIpc) is 2.61. The van der Waals surface area contributed by atoms with Crippen molar-refractivity contribution in [3.8, 4) is 0 Å². The van der Waals surface area contributed by atoms with Crippen LogP contribution < -0.4 is 16.0 Å². The molecule has 0 unspecified atom stereocenters. The van der Waals surface area contributed by atoms with Crippen molar-refractivity contribution >= 4 is 39.1 Å². The molecule has 0 aliphatic rings. The summed E-state index contributed by atoms with van der Waals surface area (Å²) in [5.74, 6) is -0.691. The lowest BCUT2D eigenvalue weighted by atomic mass is 10.2. The summed E-state index contributed by atoms with van der Waals surface area (Å²) in [6, 6.07) is 3.49. The van der Waals surface area contributed by atoms with Crippen molar-refractivity contribution in [1.82, 2.24) is 14.9 Å². The van der Waals surface area contributed by atoms with Crippen LogP contribution in [-0.4, -0.2) is 57.3 Å². The minimum atomic E-state index is -3.67. The first-order chi connectivity index (χ1) is 12.2. The van der Waals surface area contributed by atoms with Gasteiger partial charge in [0.05, 0.1) is 28.2 Å². The number of nitrogens with zero attached hydrogens (tertiary/aromatic N) is 1. The molecule has 3 N–H and O–H groups in total. The molecule has 26 heavy (non-hydrogen) atoms. The number of rotatable bonds is 9. The Kier molecular flexibility index (Phi) is 8.48. The highest BCUT2D eigenvalue weighted by atomic mass is 35.5. The number of nitrogens with one attached hydrogen (secondary N) is 3. The van der Waals surface area contributed by atoms with E-state index in [1.165, 1.54) is 29.6 Å². The second-order valence-corrected chi connectivity index (χ2v) is 7.84. The van der Waals surface area contributed by atoms with Crippen molar-refractivity contribution < 1.29 is 18.0 Å². The number of amides is 2. The van der Waals surface area contributed by atoms with E-state index in [9.17, 15) is 18.0 Å². The minimum absolute atomic E-state index is 0.0187. The maximum absolute atomic E-state index is 12.6. The molecule has 0 saturated carbocycles. The Balaban J connectivity index is 2.97. The molecule has 0 saturated heterocycles. The van der Waals surface area contributed by atoms with E-state index >= 15 is 0 Å². The number of benzene rings is 1. The third kappa shape index (κ3) is 5.66. The van der Waals surface area contributed by atoms with Crippen LogP contribution in [0.15, 0.2) is 23.1 Å². The standard InChI is InChI=1S/C16H25ClN4O4S/c1-5-21(6-2)26(24,25)12-7-8-13(17)14(9-12)20-16(23)11(3)19-10-15(22)18-4/h7-9,11,19H,5-6,10H2,1-4H3,(H,18,22)(H,20,23)/t11-/m1/s1. The van der Waals surface area contributed by atoms with Crippen molar-refractivity contribution in [2.24, 2.45) is 0 Å². The number of sulfonamides is 1. The van der Waals surface area contributed by atoms with E-state index in [2.05, 4.69) is 16.0 Å². The van der Waals surface area contributed by atoms with Crippen LogP contribution in [0.2, 0.25) is 5.02 Å². The van der Waals surface area contributed by atoms with Crippen LogP contribution in [0.5, 0.6) is 0 Å². The summed E-state index contributed by atoms with van der Waals surface area (Å²) in [5, 5.41) is 8.01. The molecule has 0 bridgehead atoms. The van der Waals surface area contributed by atoms with Gasteiger partial charge in [-0.25, -0.2) is 8.42 Å². The second-order valence-electron chi connectivity index (χ2n) is 5.50. The third-order valence-electron chi connectivity index (χ3n) is 3.78. The summed E-state index contributed by atoms with van der Waals surface area (Å²) >= 11 is 6.08. The first kappa shape index (κ1) is 22.4. The van der Waals surface area contributed by atoms with Gasteiger partial charge in [0.2, 0.25) is 21.8 Å². The molecule has 1 atom stereocenters. The smallest absolute Gasteiger partial charge is 0.243 e. The molecule has 0 aliphatic heterocycles. The summed E-state index contributed by atoms with van der Waals surface area (Å²) in [6.07, 6.45) is 0. The van der Waals surface area contributed by atoms with Crippen LogP contribution in [0, 0.1) is 0 Å². The molecule has 8 nitrogen and oxygen atoms in total. The average molecular weight is 405 g/mol. The summed E-state index contributed by atoms with van der Waals surface area (Å²) < 4.78 is 26.5.